The lowest BCUT2D eigenvalue weighted by molar-refractivity contribution is -0.121. The van der Waals surface area contributed by atoms with Crippen molar-refractivity contribution >= 4 is 48.0 Å². The standard InChI is InChI=1S/C12H15ClN4O.2ClH/c1-14-5-4-12(18)15-6-10-8-17-7-9(13)2-3-11(17)16-10;;/h2-3,7-8,14H,4-6H2,1H3,(H,15,18);2*1H. The molecule has 0 radical (unpaired) electrons. The van der Waals surface area contributed by atoms with Crippen molar-refractivity contribution in [3.8, 4) is 0 Å². The normalized spacial score (nSPS) is 9.70. The van der Waals surface area contributed by atoms with E-state index in [1.54, 1.807) is 12.3 Å². The summed E-state index contributed by atoms with van der Waals surface area (Å²) in [6.45, 7) is 1.11. The minimum Gasteiger partial charge on any atom is -0.350 e. The molecule has 0 bridgehead atoms. The summed E-state index contributed by atoms with van der Waals surface area (Å²) in [4.78, 5) is 15.8. The third-order valence-corrected chi connectivity index (χ3v) is 2.76. The third-order valence-electron chi connectivity index (χ3n) is 2.53. The monoisotopic (exact) mass is 338 g/mol. The zero-order valence-corrected chi connectivity index (χ0v) is 13.3. The average Bonchev–Trinajstić information content (AvgIpc) is 2.75. The molecule has 0 saturated carbocycles. The topological polar surface area (TPSA) is 58.4 Å². The molecule has 2 N–H and O–H groups in total. The highest BCUT2D eigenvalue weighted by Gasteiger charge is 2.04. The van der Waals surface area contributed by atoms with Crippen LogP contribution < -0.4 is 10.6 Å². The van der Waals surface area contributed by atoms with Crippen LogP contribution in [0, 0.1) is 0 Å². The van der Waals surface area contributed by atoms with Crippen LogP contribution in [-0.4, -0.2) is 28.9 Å². The number of carbonyl (C=O) groups excluding carboxylic acids is 1. The summed E-state index contributed by atoms with van der Waals surface area (Å²) in [7, 11) is 1.82. The predicted octanol–water partition coefficient (Wildman–Crippen LogP) is 2.06. The van der Waals surface area contributed by atoms with Gasteiger partial charge in [0, 0.05) is 25.4 Å². The van der Waals surface area contributed by atoms with E-state index in [2.05, 4.69) is 15.6 Å². The first-order valence-corrected chi connectivity index (χ1v) is 6.11. The molecular formula is C12H17Cl3N4O. The quantitative estimate of drug-likeness (QED) is 0.876. The first kappa shape index (κ1) is 19.0. The molecule has 0 aliphatic heterocycles. The number of halogens is 3. The highest BCUT2D eigenvalue weighted by Crippen LogP contribution is 2.11. The van der Waals surface area contributed by atoms with Gasteiger partial charge in [-0.2, -0.15) is 0 Å². The Bertz CT molecular complexity index is 559. The summed E-state index contributed by atoms with van der Waals surface area (Å²) in [6, 6.07) is 3.63. The van der Waals surface area contributed by atoms with Gasteiger partial charge in [0.2, 0.25) is 5.91 Å². The van der Waals surface area contributed by atoms with Gasteiger partial charge in [-0.1, -0.05) is 11.6 Å². The largest absolute Gasteiger partial charge is 0.350 e. The van der Waals surface area contributed by atoms with Crippen molar-refractivity contribution in [2.75, 3.05) is 13.6 Å². The molecule has 0 aliphatic carbocycles. The number of imidazole rings is 1. The van der Waals surface area contributed by atoms with Crippen LogP contribution in [0.3, 0.4) is 0 Å². The van der Waals surface area contributed by atoms with Crippen molar-refractivity contribution in [1.29, 1.82) is 0 Å². The zero-order chi connectivity index (χ0) is 13.0. The molecule has 20 heavy (non-hydrogen) atoms. The van der Waals surface area contributed by atoms with Gasteiger partial charge in [-0.3, -0.25) is 4.79 Å². The van der Waals surface area contributed by atoms with Crippen LogP contribution in [0.2, 0.25) is 5.02 Å². The van der Waals surface area contributed by atoms with Crippen LogP contribution in [0.4, 0.5) is 0 Å². The molecule has 2 heterocycles. The molecule has 0 fully saturated rings. The number of pyridine rings is 1. The minimum absolute atomic E-state index is 0. The molecule has 112 valence electrons. The van der Waals surface area contributed by atoms with E-state index in [1.807, 2.05) is 23.7 Å². The minimum atomic E-state index is 0. The number of hydrogen-bond donors (Lipinski definition) is 2. The first-order valence-electron chi connectivity index (χ1n) is 5.73. The zero-order valence-electron chi connectivity index (χ0n) is 10.9. The number of nitrogens with one attached hydrogen (secondary N) is 2. The van der Waals surface area contributed by atoms with E-state index in [-0.39, 0.29) is 30.7 Å². The van der Waals surface area contributed by atoms with Crippen molar-refractivity contribution in [2.45, 2.75) is 13.0 Å². The van der Waals surface area contributed by atoms with E-state index in [0.717, 1.165) is 11.3 Å². The Hall–Kier alpha value is -1.01. The molecule has 2 aromatic rings. The van der Waals surface area contributed by atoms with Crippen LogP contribution in [0.25, 0.3) is 5.65 Å². The average molecular weight is 340 g/mol. The van der Waals surface area contributed by atoms with E-state index in [0.29, 0.717) is 24.5 Å². The Labute approximate surface area is 134 Å². The second kappa shape index (κ2) is 9.02. The fourth-order valence-corrected chi connectivity index (χ4v) is 1.79. The van der Waals surface area contributed by atoms with E-state index in [9.17, 15) is 4.79 Å². The first-order chi connectivity index (χ1) is 8.69. The van der Waals surface area contributed by atoms with Crippen molar-refractivity contribution in [3.63, 3.8) is 0 Å². The smallest absolute Gasteiger partial charge is 0.221 e. The van der Waals surface area contributed by atoms with Crippen molar-refractivity contribution in [2.24, 2.45) is 0 Å². The van der Waals surface area contributed by atoms with Gasteiger partial charge < -0.3 is 15.0 Å². The Morgan fingerprint density at radius 1 is 1.35 bits per heavy atom. The van der Waals surface area contributed by atoms with Gasteiger partial charge >= 0.3 is 0 Å². The van der Waals surface area contributed by atoms with E-state index in [1.165, 1.54) is 0 Å². The van der Waals surface area contributed by atoms with Crippen molar-refractivity contribution < 1.29 is 4.79 Å². The van der Waals surface area contributed by atoms with Crippen molar-refractivity contribution in [1.82, 2.24) is 20.0 Å². The molecule has 1 amide bonds. The van der Waals surface area contributed by atoms with E-state index in [4.69, 9.17) is 11.6 Å². The van der Waals surface area contributed by atoms with E-state index >= 15 is 0 Å². The molecular weight excluding hydrogens is 323 g/mol. The van der Waals surface area contributed by atoms with Gasteiger partial charge in [0.1, 0.15) is 5.65 Å². The number of carbonyl (C=O) groups is 1. The number of aromatic nitrogens is 2. The molecule has 0 unspecified atom stereocenters. The molecule has 5 nitrogen and oxygen atoms in total. The Morgan fingerprint density at radius 2 is 2.10 bits per heavy atom. The second-order valence-electron chi connectivity index (χ2n) is 3.98. The Balaban J connectivity index is 0.00000180. The number of nitrogens with zero attached hydrogens (tertiary/aromatic N) is 2. The number of rotatable bonds is 5. The SMILES string of the molecule is CNCCC(=O)NCc1cn2cc(Cl)ccc2n1.Cl.Cl. The third kappa shape index (κ3) is 5.17. The summed E-state index contributed by atoms with van der Waals surface area (Å²) < 4.78 is 1.84. The van der Waals surface area contributed by atoms with Crippen molar-refractivity contribution in [3.05, 3.63) is 35.2 Å². The molecule has 2 aromatic heterocycles. The van der Waals surface area contributed by atoms with Crippen LogP contribution in [0.5, 0.6) is 0 Å². The Kier molecular flexibility index (Phi) is 8.57. The maximum absolute atomic E-state index is 11.4. The maximum atomic E-state index is 11.4. The summed E-state index contributed by atoms with van der Waals surface area (Å²) in [5, 5.41) is 6.41. The summed E-state index contributed by atoms with van der Waals surface area (Å²) in [6.07, 6.45) is 4.12. The van der Waals surface area contributed by atoms with Gasteiger partial charge in [0.15, 0.2) is 0 Å². The van der Waals surface area contributed by atoms with Crippen LogP contribution >= 0.6 is 36.4 Å². The van der Waals surface area contributed by atoms with Crippen LogP contribution in [0.1, 0.15) is 12.1 Å². The fourth-order valence-electron chi connectivity index (χ4n) is 1.62. The lowest BCUT2D eigenvalue weighted by atomic mass is 10.4. The highest BCUT2D eigenvalue weighted by atomic mass is 35.5. The summed E-state index contributed by atoms with van der Waals surface area (Å²) in [5.41, 5.74) is 1.63. The molecule has 8 heteroatoms. The molecule has 0 aromatic carbocycles. The highest BCUT2D eigenvalue weighted by molar-refractivity contribution is 6.30. The molecule has 2 rings (SSSR count). The number of fused-ring (bicyclic) bond motifs is 1. The molecule has 0 aliphatic rings. The van der Waals surface area contributed by atoms with E-state index < -0.39 is 0 Å². The number of hydrogen-bond acceptors (Lipinski definition) is 3. The predicted molar refractivity (Wildman–Crippen MR) is 85.1 cm³/mol. The van der Waals surface area contributed by atoms with Gasteiger partial charge in [-0.15, -0.1) is 24.8 Å². The fraction of sp³-hybridized carbons (Fsp3) is 0.333. The van der Waals surface area contributed by atoms with Gasteiger partial charge in [0.25, 0.3) is 0 Å². The lowest BCUT2D eigenvalue weighted by Gasteiger charge is -2.01. The van der Waals surface area contributed by atoms with Crippen LogP contribution in [0.15, 0.2) is 24.5 Å². The number of amides is 1. The summed E-state index contributed by atoms with van der Waals surface area (Å²) in [5.74, 6) is 0.0134. The van der Waals surface area contributed by atoms with Gasteiger partial charge in [0.05, 0.1) is 17.3 Å². The van der Waals surface area contributed by atoms with Gasteiger partial charge in [-0.05, 0) is 19.2 Å². The Morgan fingerprint density at radius 3 is 2.80 bits per heavy atom. The molecule has 0 atom stereocenters. The molecule has 0 saturated heterocycles. The lowest BCUT2D eigenvalue weighted by Crippen LogP contribution is -2.26. The maximum Gasteiger partial charge on any atom is 0.221 e. The second-order valence-corrected chi connectivity index (χ2v) is 4.41. The summed E-state index contributed by atoms with van der Waals surface area (Å²) >= 11 is 5.89. The van der Waals surface area contributed by atoms with Gasteiger partial charge in [-0.25, -0.2) is 4.98 Å². The van der Waals surface area contributed by atoms with Crippen LogP contribution in [-0.2, 0) is 11.3 Å². The molecule has 0 spiro atoms.